The van der Waals surface area contributed by atoms with Crippen molar-refractivity contribution in [1.82, 2.24) is 0 Å². The molecule has 2 unspecified atom stereocenters. The predicted molar refractivity (Wildman–Crippen MR) is 68.9 cm³/mol. The van der Waals surface area contributed by atoms with E-state index in [2.05, 4.69) is 26.5 Å². The van der Waals surface area contributed by atoms with E-state index in [1.54, 1.807) is 5.57 Å². The maximum Gasteiger partial charge on any atom is -0.0194 e. The van der Waals surface area contributed by atoms with Crippen molar-refractivity contribution in [3.05, 3.63) is 24.3 Å². The number of rotatable bonds is 8. The second-order valence-electron chi connectivity index (χ2n) is 5.15. The van der Waals surface area contributed by atoms with Crippen molar-refractivity contribution >= 4 is 0 Å². The van der Waals surface area contributed by atoms with Crippen LogP contribution in [0.3, 0.4) is 0 Å². The highest BCUT2D eigenvalue weighted by Gasteiger charge is 2.22. The van der Waals surface area contributed by atoms with E-state index in [1.807, 2.05) is 6.08 Å². The zero-order valence-electron chi connectivity index (χ0n) is 10.5. The normalized spacial score (nSPS) is 24.1. The first-order chi connectivity index (χ1) is 7.24. The van der Waals surface area contributed by atoms with Crippen LogP contribution in [0.5, 0.6) is 0 Å². The van der Waals surface area contributed by atoms with E-state index < -0.39 is 0 Å². The van der Waals surface area contributed by atoms with Gasteiger partial charge in [-0.1, -0.05) is 50.8 Å². The van der Waals surface area contributed by atoms with E-state index in [4.69, 9.17) is 0 Å². The first-order valence-corrected chi connectivity index (χ1v) is 6.54. The molecule has 0 aromatic heterocycles. The standard InChI is InChI=1S/C15H26/c1-4-9-13(2)10-7-5-6-8-11-15-12-14(15)3/h4,11,13-14H,1,5-10,12H2,2-3H3. The Balaban J connectivity index is 1.87. The lowest BCUT2D eigenvalue weighted by molar-refractivity contribution is 0.497. The highest BCUT2D eigenvalue weighted by molar-refractivity contribution is 5.21. The van der Waals surface area contributed by atoms with Crippen LogP contribution in [0.2, 0.25) is 0 Å². The van der Waals surface area contributed by atoms with Crippen LogP contribution in [0.25, 0.3) is 0 Å². The molecule has 0 heterocycles. The Morgan fingerprint density at radius 1 is 1.40 bits per heavy atom. The molecule has 0 bridgehead atoms. The molecule has 0 N–H and O–H groups in total. The van der Waals surface area contributed by atoms with Crippen molar-refractivity contribution < 1.29 is 0 Å². The van der Waals surface area contributed by atoms with E-state index in [1.165, 1.54) is 44.9 Å². The van der Waals surface area contributed by atoms with Gasteiger partial charge < -0.3 is 0 Å². The Labute approximate surface area is 95.5 Å². The van der Waals surface area contributed by atoms with Crippen LogP contribution >= 0.6 is 0 Å². The lowest BCUT2D eigenvalue weighted by Crippen LogP contribution is -1.92. The van der Waals surface area contributed by atoms with Crippen LogP contribution in [0.15, 0.2) is 24.3 Å². The summed E-state index contributed by atoms with van der Waals surface area (Å²) in [5.41, 5.74) is 1.70. The molecule has 1 saturated carbocycles. The Kier molecular flexibility index (Phi) is 5.75. The third kappa shape index (κ3) is 5.81. The molecule has 1 rings (SSSR count). The number of hydrogen-bond acceptors (Lipinski definition) is 0. The molecular weight excluding hydrogens is 180 g/mol. The number of unbranched alkanes of at least 4 members (excludes halogenated alkanes) is 3. The highest BCUT2D eigenvalue weighted by Crippen LogP contribution is 2.37. The van der Waals surface area contributed by atoms with Crippen molar-refractivity contribution in [2.75, 3.05) is 0 Å². The van der Waals surface area contributed by atoms with Crippen molar-refractivity contribution in [3.8, 4) is 0 Å². The molecular formula is C15H26. The van der Waals surface area contributed by atoms with Crippen LogP contribution in [-0.4, -0.2) is 0 Å². The summed E-state index contributed by atoms with van der Waals surface area (Å²) in [7, 11) is 0. The van der Waals surface area contributed by atoms with Crippen LogP contribution in [0, 0.1) is 11.8 Å². The largest absolute Gasteiger partial charge is 0.103 e. The minimum atomic E-state index is 0.837. The second-order valence-corrected chi connectivity index (χ2v) is 5.15. The summed E-state index contributed by atoms with van der Waals surface area (Å²) < 4.78 is 0. The molecule has 0 aromatic rings. The van der Waals surface area contributed by atoms with Gasteiger partial charge in [0.25, 0.3) is 0 Å². The summed E-state index contributed by atoms with van der Waals surface area (Å²) in [4.78, 5) is 0. The van der Waals surface area contributed by atoms with Gasteiger partial charge in [0, 0.05) is 0 Å². The Morgan fingerprint density at radius 3 is 2.73 bits per heavy atom. The van der Waals surface area contributed by atoms with E-state index in [9.17, 15) is 0 Å². The summed E-state index contributed by atoms with van der Waals surface area (Å²) in [6.45, 7) is 8.44. The van der Waals surface area contributed by atoms with Gasteiger partial charge in [0.1, 0.15) is 0 Å². The lowest BCUT2D eigenvalue weighted by Gasteiger charge is -2.07. The van der Waals surface area contributed by atoms with Crippen molar-refractivity contribution in [1.29, 1.82) is 0 Å². The van der Waals surface area contributed by atoms with Gasteiger partial charge in [0.05, 0.1) is 0 Å². The quantitative estimate of drug-likeness (QED) is 0.382. The summed E-state index contributed by atoms with van der Waals surface area (Å²) in [5.74, 6) is 1.75. The van der Waals surface area contributed by atoms with E-state index >= 15 is 0 Å². The monoisotopic (exact) mass is 206 g/mol. The molecule has 0 nitrogen and oxygen atoms in total. The molecule has 0 heteroatoms. The summed E-state index contributed by atoms with van der Waals surface area (Å²) in [6, 6.07) is 0. The molecule has 86 valence electrons. The average Bonchev–Trinajstić information content (AvgIpc) is 2.88. The topological polar surface area (TPSA) is 0 Å². The molecule has 2 atom stereocenters. The van der Waals surface area contributed by atoms with E-state index in [-0.39, 0.29) is 0 Å². The molecule has 1 fully saturated rings. The maximum absolute atomic E-state index is 3.78. The third-order valence-electron chi connectivity index (χ3n) is 3.39. The number of allylic oxidation sites excluding steroid dienone is 3. The predicted octanol–water partition coefficient (Wildman–Crippen LogP) is 5.12. The smallest absolute Gasteiger partial charge is 0.0194 e. The second kappa shape index (κ2) is 6.87. The van der Waals surface area contributed by atoms with Gasteiger partial charge in [-0.25, -0.2) is 0 Å². The lowest BCUT2D eigenvalue weighted by atomic mass is 9.99. The fourth-order valence-corrected chi connectivity index (χ4v) is 2.08. The number of hydrogen-bond donors (Lipinski definition) is 0. The molecule has 1 aliphatic rings. The van der Waals surface area contributed by atoms with Crippen LogP contribution in [0.4, 0.5) is 0 Å². The Hall–Kier alpha value is -0.520. The minimum Gasteiger partial charge on any atom is -0.103 e. The molecule has 0 aromatic carbocycles. The molecule has 1 aliphatic carbocycles. The van der Waals surface area contributed by atoms with Crippen molar-refractivity contribution in [2.45, 2.75) is 58.8 Å². The summed E-state index contributed by atoms with van der Waals surface area (Å²) >= 11 is 0. The highest BCUT2D eigenvalue weighted by atomic mass is 14.3. The van der Waals surface area contributed by atoms with Crippen molar-refractivity contribution in [2.24, 2.45) is 11.8 Å². The molecule has 0 spiro atoms. The van der Waals surface area contributed by atoms with E-state index in [0.29, 0.717) is 0 Å². The van der Waals surface area contributed by atoms with Crippen LogP contribution < -0.4 is 0 Å². The maximum atomic E-state index is 3.78. The van der Waals surface area contributed by atoms with Gasteiger partial charge in [-0.2, -0.15) is 0 Å². The minimum absolute atomic E-state index is 0.837. The molecule has 0 radical (unpaired) electrons. The average molecular weight is 206 g/mol. The van der Waals surface area contributed by atoms with Crippen LogP contribution in [0.1, 0.15) is 58.8 Å². The van der Waals surface area contributed by atoms with Crippen molar-refractivity contribution in [3.63, 3.8) is 0 Å². The van der Waals surface area contributed by atoms with E-state index in [0.717, 1.165) is 11.8 Å². The molecule has 0 amide bonds. The Bertz CT molecular complexity index is 212. The van der Waals surface area contributed by atoms with Gasteiger partial charge in [-0.3, -0.25) is 0 Å². The SMILES string of the molecule is C=CCC(C)CCCCCC=C1CC1C. The van der Waals surface area contributed by atoms with Gasteiger partial charge >= 0.3 is 0 Å². The van der Waals surface area contributed by atoms with Gasteiger partial charge in [0.15, 0.2) is 0 Å². The van der Waals surface area contributed by atoms with Crippen LogP contribution in [-0.2, 0) is 0 Å². The first-order valence-electron chi connectivity index (χ1n) is 6.54. The van der Waals surface area contributed by atoms with Gasteiger partial charge in [0.2, 0.25) is 0 Å². The third-order valence-corrected chi connectivity index (χ3v) is 3.39. The fourth-order valence-electron chi connectivity index (χ4n) is 2.08. The Morgan fingerprint density at radius 2 is 2.13 bits per heavy atom. The fraction of sp³-hybridized carbons (Fsp3) is 0.733. The summed E-state index contributed by atoms with van der Waals surface area (Å²) in [6.07, 6.45) is 13.9. The van der Waals surface area contributed by atoms with Gasteiger partial charge in [-0.05, 0) is 37.5 Å². The molecule has 15 heavy (non-hydrogen) atoms. The first kappa shape index (κ1) is 12.5. The zero-order valence-corrected chi connectivity index (χ0v) is 10.5. The molecule has 0 saturated heterocycles. The summed E-state index contributed by atoms with van der Waals surface area (Å²) in [5, 5.41) is 0. The molecule has 0 aliphatic heterocycles. The van der Waals surface area contributed by atoms with Gasteiger partial charge in [-0.15, -0.1) is 6.58 Å². The zero-order chi connectivity index (χ0) is 11.1.